The first-order chi connectivity index (χ1) is 11.1. The minimum Gasteiger partial charge on any atom is -0.376 e. The smallest absolute Gasteiger partial charge is 0.261 e. The molecule has 0 aliphatic carbocycles. The second-order valence-corrected chi connectivity index (χ2v) is 5.47. The summed E-state index contributed by atoms with van der Waals surface area (Å²) in [7, 11) is 0. The number of hydrogen-bond donors (Lipinski definition) is 2. The highest BCUT2D eigenvalue weighted by Gasteiger charge is 2.18. The van der Waals surface area contributed by atoms with Crippen molar-refractivity contribution in [2.45, 2.75) is 18.9 Å². The largest absolute Gasteiger partial charge is 0.376 e. The second kappa shape index (κ2) is 6.75. The third-order valence-electron chi connectivity index (χ3n) is 3.82. The van der Waals surface area contributed by atoms with Crippen LogP contribution in [0.1, 0.15) is 23.2 Å². The molecule has 1 fully saturated rings. The van der Waals surface area contributed by atoms with E-state index < -0.39 is 11.5 Å². The van der Waals surface area contributed by atoms with Crippen LogP contribution < -0.4 is 10.9 Å². The van der Waals surface area contributed by atoms with E-state index in [0.717, 1.165) is 12.8 Å². The Kier molecular flexibility index (Phi) is 4.52. The van der Waals surface area contributed by atoms with Gasteiger partial charge in [-0.25, -0.2) is 4.39 Å². The molecule has 23 heavy (non-hydrogen) atoms. The SMILES string of the molecule is O=C(NC[C@H]1CCCO1)c1ccc(-c2ccc(F)cc2)[nH]c1=O. The topological polar surface area (TPSA) is 71.2 Å². The van der Waals surface area contributed by atoms with Gasteiger partial charge in [0.15, 0.2) is 0 Å². The molecule has 1 amide bonds. The molecule has 0 unspecified atom stereocenters. The van der Waals surface area contributed by atoms with Crippen LogP contribution in [-0.4, -0.2) is 30.1 Å². The third kappa shape index (κ3) is 3.65. The van der Waals surface area contributed by atoms with Crippen LogP contribution in [0.3, 0.4) is 0 Å². The van der Waals surface area contributed by atoms with Crippen LogP contribution in [0, 0.1) is 5.82 Å². The van der Waals surface area contributed by atoms with Crippen molar-refractivity contribution < 1.29 is 13.9 Å². The Hall–Kier alpha value is -2.47. The number of amides is 1. The van der Waals surface area contributed by atoms with Crippen LogP contribution in [0.4, 0.5) is 4.39 Å². The summed E-state index contributed by atoms with van der Waals surface area (Å²) in [5, 5.41) is 2.71. The van der Waals surface area contributed by atoms with Gasteiger partial charge in [-0.05, 0) is 54.8 Å². The third-order valence-corrected chi connectivity index (χ3v) is 3.82. The molecule has 120 valence electrons. The van der Waals surface area contributed by atoms with E-state index in [1.54, 1.807) is 18.2 Å². The lowest BCUT2D eigenvalue weighted by Crippen LogP contribution is -2.35. The maximum Gasteiger partial charge on any atom is 0.261 e. The van der Waals surface area contributed by atoms with E-state index in [4.69, 9.17) is 4.74 Å². The van der Waals surface area contributed by atoms with Crippen molar-refractivity contribution >= 4 is 5.91 Å². The molecule has 0 radical (unpaired) electrons. The number of rotatable bonds is 4. The maximum atomic E-state index is 12.9. The van der Waals surface area contributed by atoms with Crippen molar-refractivity contribution in [1.29, 1.82) is 0 Å². The van der Waals surface area contributed by atoms with Crippen LogP contribution in [0.5, 0.6) is 0 Å². The molecule has 2 heterocycles. The number of carbonyl (C=O) groups is 1. The summed E-state index contributed by atoms with van der Waals surface area (Å²) >= 11 is 0. The summed E-state index contributed by atoms with van der Waals surface area (Å²) in [6.07, 6.45) is 1.93. The Morgan fingerprint density at radius 2 is 2.04 bits per heavy atom. The number of aromatic amines is 1. The Labute approximate surface area is 132 Å². The molecule has 0 saturated carbocycles. The van der Waals surface area contributed by atoms with E-state index in [-0.39, 0.29) is 17.5 Å². The number of ether oxygens (including phenoxy) is 1. The quantitative estimate of drug-likeness (QED) is 0.907. The molecule has 3 rings (SSSR count). The second-order valence-electron chi connectivity index (χ2n) is 5.47. The highest BCUT2D eigenvalue weighted by Crippen LogP contribution is 2.16. The number of carbonyl (C=O) groups excluding carboxylic acids is 1. The van der Waals surface area contributed by atoms with Gasteiger partial charge in [0.2, 0.25) is 0 Å². The number of hydrogen-bond acceptors (Lipinski definition) is 3. The molecule has 2 aromatic rings. The fraction of sp³-hybridized carbons (Fsp3) is 0.294. The molecule has 1 aromatic heterocycles. The molecule has 6 heteroatoms. The van der Waals surface area contributed by atoms with Crippen molar-refractivity contribution in [3.63, 3.8) is 0 Å². The maximum absolute atomic E-state index is 12.9. The zero-order valence-electron chi connectivity index (χ0n) is 12.5. The van der Waals surface area contributed by atoms with Crippen LogP contribution in [0.25, 0.3) is 11.3 Å². The van der Waals surface area contributed by atoms with Crippen LogP contribution >= 0.6 is 0 Å². The number of halogens is 1. The highest BCUT2D eigenvalue weighted by molar-refractivity contribution is 5.94. The van der Waals surface area contributed by atoms with Crippen molar-refractivity contribution in [3.8, 4) is 11.3 Å². The zero-order valence-corrected chi connectivity index (χ0v) is 12.5. The number of aromatic nitrogens is 1. The Balaban J connectivity index is 1.72. The first-order valence-electron chi connectivity index (χ1n) is 7.52. The molecule has 2 N–H and O–H groups in total. The highest BCUT2D eigenvalue weighted by atomic mass is 19.1. The van der Waals surface area contributed by atoms with Gasteiger partial charge in [-0.2, -0.15) is 0 Å². The summed E-state index contributed by atoms with van der Waals surface area (Å²) in [5.41, 5.74) is 0.783. The fourth-order valence-corrected chi connectivity index (χ4v) is 2.56. The van der Waals surface area contributed by atoms with E-state index in [0.29, 0.717) is 24.4 Å². The molecule has 0 bridgehead atoms. The molecule has 0 spiro atoms. The van der Waals surface area contributed by atoms with Crippen molar-refractivity contribution in [2.24, 2.45) is 0 Å². The molecule has 1 atom stereocenters. The summed E-state index contributed by atoms with van der Waals surface area (Å²) in [4.78, 5) is 26.8. The van der Waals surface area contributed by atoms with Gasteiger partial charge < -0.3 is 15.0 Å². The molecule has 1 aliphatic rings. The first-order valence-corrected chi connectivity index (χ1v) is 7.52. The average Bonchev–Trinajstić information content (AvgIpc) is 3.06. The summed E-state index contributed by atoms with van der Waals surface area (Å²) in [6, 6.07) is 8.87. The van der Waals surface area contributed by atoms with E-state index in [9.17, 15) is 14.0 Å². The number of H-pyrrole nitrogens is 1. The average molecular weight is 316 g/mol. The lowest BCUT2D eigenvalue weighted by atomic mass is 10.1. The van der Waals surface area contributed by atoms with Crippen molar-refractivity contribution in [1.82, 2.24) is 10.3 Å². The minimum absolute atomic E-state index is 0.0246. The summed E-state index contributed by atoms with van der Waals surface area (Å²) < 4.78 is 18.4. The lowest BCUT2D eigenvalue weighted by Gasteiger charge is -2.10. The standard InChI is InChI=1S/C17H17FN2O3/c18-12-5-3-11(4-6-12)15-8-7-14(17(22)20-15)16(21)19-10-13-2-1-9-23-13/h3-8,13H,1-2,9-10H2,(H,19,21)(H,20,22)/t13-/m1/s1. The lowest BCUT2D eigenvalue weighted by molar-refractivity contribution is 0.0856. The van der Waals surface area contributed by atoms with Gasteiger partial charge >= 0.3 is 0 Å². The predicted molar refractivity (Wildman–Crippen MR) is 83.8 cm³/mol. The number of benzene rings is 1. The minimum atomic E-state index is -0.475. The molecule has 1 saturated heterocycles. The molecular formula is C17H17FN2O3. The monoisotopic (exact) mass is 316 g/mol. The van der Waals surface area contributed by atoms with Gasteiger partial charge in [0.1, 0.15) is 11.4 Å². The van der Waals surface area contributed by atoms with Gasteiger partial charge in [-0.15, -0.1) is 0 Å². The molecule has 1 aromatic carbocycles. The number of pyridine rings is 1. The van der Waals surface area contributed by atoms with Crippen LogP contribution in [-0.2, 0) is 4.74 Å². The van der Waals surface area contributed by atoms with Gasteiger partial charge in [0.05, 0.1) is 6.10 Å². The predicted octanol–water partition coefficient (Wildman–Crippen LogP) is 2.09. The van der Waals surface area contributed by atoms with E-state index in [2.05, 4.69) is 10.3 Å². The van der Waals surface area contributed by atoms with E-state index in [1.165, 1.54) is 18.2 Å². The van der Waals surface area contributed by atoms with Gasteiger partial charge in [-0.3, -0.25) is 9.59 Å². The van der Waals surface area contributed by atoms with Crippen molar-refractivity contribution in [2.75, 3.05) is 13.2 Å². The molecular weight excluding hydrogens is 299 g/mol. The van der Waals surface area contributed by atoms with Gasteiger partial charge in [0.25, 0.3) is 11.5 Å². The summed E-state index contributed by atoms with van der Waals surface area (Å²) in [5.74, 6) is -0.770. The van der Waals surface area contributed by atoms with Gasteiger partial charge in [0, 0.05) is 18.8 Å². The normalized spacial score (nSPS) is 17.2. The Morgan fingerprint density at radius 3 is 2.70 bits per heavy atom. The zero-order chi connectivity index (χ0) is 16.2. The molecule has 1 aliphatic heterocycles. The number of nitrogens with one attached hydrogen (secondary N) is 2. The van der Waals surface area contributed by atoms with Gasteiger partial charge in [-0.1, -0.05) is 0 Å². The van der Waals surface area contributed by atoms with E-state index >= 15 is 0 Å². The van der Waals surface area contributed by atoms with E-state index in [1.807, 2.05) is 0 Å². The Bertz CT molecular complexity index is 749. The van der Waals surface area contributed by atoms with Crippen LogP contribution in [0.15, 0.2) is 41.2 Å². The summed E-state index contributed by atoms with van der Waals surface area (Å²) in [6.45, 7) is 1.12. The fourth-order valence-electron chi connectivity index (χ4n) is 2.56. The van der Waals surface area contributed by atoms with Crippen molar-refractivity contribution in [3.05, 3.63) is 58.1 Å². The van der Waals surface area contributed by atoms with Crippen LogP contribution in [0.2, 0.25) is 0 Å². The molecule has 5 nitrogen and oxygen atoms in total. The Morgan fingerprint density at radius 1 is 1.26 bits per heavy atom. The first kappa shape index (κ1) is 15.4.